The summed E-state index contributed by atoms with van der Waals surface area (Å²) in [7, 11) is 0. The number of nitrogens with zero attached hydrogens (tertiary/aromatic N) is 1. The number of carbonyl (C=O) groups is 3. The SMILES string of the molecule is O=C(O)CCCCCCCCCCS.O=C1CCC(=O)N1O. The first-order chi connectivity index (χ1) is 10.5. The predicted octanol–water partition coefficient (Wildman–Crippen LogP) is 3.04. The zero-order valence-corrected chi connectivity index (χ0v) is 13.9. The minimum Gasteiger partial charge on any atom is -0.481 e. The summed E-state index contributed by atoms with van der Waals surface area (Å²) < 4.78 is 0. The van der Waals surface area contributed by atoms with Crippen molar-refractivity contribution in [3.05, 3.63) is 0 Å². The fourth-order valence-electron chi connectivity index (χ4n) is 2.01. The molecule has 1 fully saturated rings. The number of unbranched alkanes of at least 4 members (excludes halogenated alkanes) is 7. The Kier molecular flexibility index (Phi) is 12.9. The van der Waals surface area contributed by atoms with Gasteiger partial charge >= 0.3 is 5.97 Å². The van der Waals surface area contributed by atoms with Gasteiger partial charge in [-0.2, -0.15) is 17.7 Å². The normalized spacial score (nSPS) is 14.0. The van der Waals surface area contributed by atoms with Crippen LogP contribution >= 0.6 is 12.6 Å². The molecule has 1 rings (SSSR count). The van der Waals surface area contributed by atoms with Crippen LogP contribution in [0.2, 0.25) is 0 Å². The molecule has 7 heteroatoms. The number of carboxylic acid groups (broad SMARTS) is 1. The number of amides is 2. The average molecular weight is 333 g/mol. The van der Waals surface area contributed by atoms with Gasteiger partial charge in [-0.3, -0.25) is 19.6 Å². The van der Waals surface area contributed by atoms with E-state index in [1.807, 2.05) is 0 Å². The molecule has 1 aliphatic heterocycles. The number of carboxylic acids is 1. The highest BCUT2D eigenvalue weighted by Crippen LogP contribution is 2.09. The van der Waals surface area contributed by atoms with Crippen molar-refractivity contribution in [2.75, 3.05) is 5.75 Å². The number of aliphatic carboxylic acids is 1. The lowest BCUT2D eigenvalue weighted by atomic mass is 10.1. The maximum Gasteiger partial charge on any atom is 0.303 e. The van der Waals surface area contributed by atoms with Crippen LogP contribution in [0.3, 0.4) is 0 Å². The lowest BCUT2D eigenvalue weighted by molar-refractivity contribution is -0.171. The summed E-state index contributed by atoms with van der Waals surface area (Å²) >= 11 is 4.16. The predicted molar refractivity (Wildman–Crippen MR) is 85.9 cm³/mol. The Balaban J connectivity index is 0.000000461. The first kappa shape index (κ1) is 20.9. The van der Waals surface area contributed by atoms with Gasteiger partial charge in [0, 0.05) is 19.3 Å². The molecular formula is C15H27NO5S. The van der Waals surface area contributed by atoms with Crippen molar-refractivity contribution in [1.82, 2.24) is 5.06 Å². The molecule has 0 aromatic carbocycles. The van der Waals surface area contributed by atoms with E-state index >= 15 is 0 Å². The van der Waals surface area contributed by atoms with E-state index in [2.05, 4.69) is 12.6 Å². The molecule has 1 aliphatic rings. The smallest absolute Gasteiger partial charge is 0.303 e. The topological polar surface area (TPSA) is 94.9 Å². The second kappa shape index (κ2) is 13.6. The van der Waals surface area contributed by atoms with Crippen molar-refractivity contribution < 1.29 is 24.7 Å². The summed E-state index contributed by atoms with van der Waals surface area (Å²) in [5.41, 5.74) is 0. The molecule has 0 aliphatic carbocycles. The Bertz CT molecular complexity index is 333. The molecule has 22 heavy (non-hydrogen) atoms. The van der Waals surface area contributed by atoms with Crippen LogP contribution in [0.25, 0.3) is 0 Å². The van der Waals surface area contributed by atoms with Gasteiger partial charge in [0.15, 0.2) is 0 Å². The van der Waals surface area contributed by atoms with E-state index < -0.39 is 17.8 Å². The standard InChI is InChI=1S/C11H22O2S.C4H5NO3/c12-11(13)9-7-5-3-1-2-4-6-8-10-14;6-3-1-2-4(7)5(3)8/h14H,1-10H2,(H,12,13);8H,1-2H2. The van der Waals surface area contributed by atoms with E-state index in [1.165, 1.54) is 38.5 Å². The van der Waals surface area contributed by atoms with Crippen molar-refractivity contribution in [3.8, 4) is 0 Å². The molecule has 6 nitrogen and oxygen atoms in total. The Morgan fingerprint density at radius 1 is 0.909 bits per heavy atom. The van der Waals surface area contributed by atoms with Crippen LogP contribution in [0.15, 0.2) is 0 Å². The molecule has 1 heterocycles. The van der Waals surface area contributed by atoms with Crippen molar-refractivity contribution in [2.24, 2.45) is 0 Å². The third-order valence-electron chi connectivity index (χ3n) is 3.32. The number of hydrogen-bond donors (Lipinski definition) is 3. The van der Waals surface area contributed by atoms with E-state index in [0.717, 1.165) is 18.6 Å². The van der Waals surface area contributed by atoms with Gasteiger partial charge in [-0.25, -0.2) is 0 Å². The molecule has 0 aromatic heterocycles. The van der Waals surface area contributed by atoms with Gasteiger partial charge in [0.05, 0.1) is 0 Å². The van der Waals surface area contributed by atoms with Crippen LogP contribution in [0.5, 0.6) is 0 Å². The largest absolute Gasteiger partial charge is 0.481 e. The molecule has 2 N–H and O–H groups in total. The Labute approximate surface area is 137 Å². The zero-order valence-electron chi connectivity index (χ0n) is 13.0. The molecule has 0 saturated carbocycles. The van der Waals surface area contributed by atoms with E-state index in [4.69, 9.17) is 10.3 Å². The highest BCUT2D eigenvalue weighted by Gasteiger charge is 2.26. The van der Waals surface area contributed by atoms with Gasteiger partial charge in [-0.05, 0) is 18.6 Å². The minimum atomic E-state index is -0.668. The van der Waals surface area contributed by atoms with E-state index in [1.54, 1.807) is 0 Å². The Hall–Kier alpha value is -1.08. The van der Waals surface area contributed by atoms with E-state index in [-0.39, 0.29) is 17.9 Å². The highest BCUT2D eigenvalue weighted by atomic mass is 32.1. The zero-order chi connectivity index (χ0) is 16.8. The first-order valence-corrected chi connectivity index (χ1v) is 8.49. The minimum absolute atomic E-state index is 0.148. The number of thiol groups is 1. The summed E-state index contributed by atoms with van der Waals surface area (Å²) in [6.07, 6.45) is 10.1. The maximum atomic E-state index is 10.2. The lowest BCUT2D eigenvalue weighted by Crippen LogP contribution is -2.24. The van der Waals surface area contributed by atoms with Crippen LogP contribution in [-0.2, 0) is 14.4 Å². The molecule has 0 atom stereocenters. The summed E-state index contributed by atoms with van der Waals surface area (Å²) in [5.74, 6) is -0.678. The van der Waals surface area contributed by atoms with E-state index in [0.29, 0.717) is 6.42 Å². The molecular weight excluding hydrogens is 306 g/mol. The lowest BCUT2D eigenvalue weighted by Gasteiger charge is -2.00. The Morgan fingerprint density at radius 2 is 1.32 bits per heavy atom. The van der Waals surface area contributed by atoms with Crippen LogP contribution in [0, 0.1) is 0 Å². The van der Waals surface area contributed by atoms with E-state index in [9.17, 15) is 14.4 Å². The Morgan fingerprint density at radius 3 is 1.64 bits per heavy atom. The van der Waals surface area contributed by atoms with Gasteiger partial charge in [-0.15, -0.1) is 0 Å². The summed E-state index contributed by atoms with van der Waals surface area (Å²) in [6.45, 7) is 0. The quantitative estimate of drug-likeness (QED) is 0.247. The van der Waals surface area contributed by atoms with Crippen LogP contribution < -0.4 is 0 Å². The van der Waals surface area contributed by atoms with Crippen molar-refractivity contribution >= 4 is 30.4 Å². The van der Waals surface area contributed by atoms with Crippen molar-refractivity contribution in [3.63, 3.8) is 0 Å². The first-order valence-electron chi connectivity index (χ1n) is 7.86. The number of hydroxylamine groups is 2. The maximum absolute atomic E-state index is 10.2. The average Bonchev–Trinajstić information content (AvgIpc) is 2.77. The summed E-state index contributed by atoms with van der Waals surface area (Å²) in [4.78, 5) is 30.7. The highest BCUT2D eigenvalue weighted by molar-refractivity contribution is 7.80. The monoisotopic (exact) mass is 333 g/mol. The van der Waals surface area contributed by atoms with Gasteiger partial charge in [0.2, 0.25) is 0 Å². The van der Waals surface area contributed by atoms with Crippen molar-refractivity contribution in [2.45, 2.75) is 70.6 Å². The van der Waals surface area contributed by atoms with Crippen LogP contribution in [0.4, 0.5) is 0 Å². The number of hydrogen-bond acceptors (Lipinski definition) is 5. The van der Waals surface area contributed by atoms with Crippen molar-refractivity contribution in [1.29, 1.82) is 0 Å². The van der Waals surface area contributed by atoms with Gasteiger partial charge in [0.25, 0.3) is 11.8 Å². The number of rotatable bonds is 10. The third-order valence-corrected chi connectivity index (χ3v) is 3.64. The molecule has 1 saturated heterocycles. The van der Waals surface area contributed by atoms with Gasteiger partial charge in [-0.1, -0.05) is 38.5 Å². The molecule has 2 amide bonds. The summed E-state index contributed by atoms with van der Waals surface area (Å²) in [5, 5.41) is 17.0. The molecule has 0 unspecified atom stereocenters. The molecule has 128 valence electrons. The fourth-order valence-corrected chi connectivity index (χ4v) is 2.24. The van der Waals surface area contributed by atoms with Gasteiger partial charge in [0.1, 0.15) is 0 Å². The summed E-state index contributed by atoms with van der Waals surface area (Å²) in [6, 6.07) is 0. The molecule has 0 aromatic rings. The molecule has 0 radical (unpaired) electrons. The molecule has 0 bridgehead atoms. The number of carbonyl (C=O) groups excluding carboxylic acids is 2. The second-order valence-corrected chi connectivity index (χ2v) is 5.74. The van der Waals surface area contributed by atoms with Crippen LogP contribution in [-0.4, -0.2) is 38.9 Å². The molecule has 0 spiro atoms. The number of imide groups is 1. The third kappa shape index (κ3) is 11.6. The van der Waals surface area contributed by atoms with Crippen LogP contribution in [0.1, 0.15) is 70.6 Å². The fraction of sp³-hybridized carbons (Fsp3) is 0.800. The van der Waals surface area contributed by atoms with Gasteiger partial charge < -0.3 is 5.11 Å². The second-order valence-electron chi connectivity index (χ2n) is 5.30.